The fourth-order valence-corrected chi connectivity index (χ4v) is 5.45. The van der Waals surface area contributed by atoms with Gasteiger partial charge in [0.2, 0.25) is 0 Å². The summed E-state index contributed by atoms with van der Waals surface area (Å²) in [5, 5.41) is 4.87. The molecule has 0 radical (unpaired) electrons. The minimum absolute atomic E-state index is 0.358. The molecule has 0 amide bonds. The molecule has 0 spiro atoms. The Morgan fingerprint density at radius 2 is 1.93 bits per heavy atom. The maximum Gasteiger partial charge on any atom is 0.142 e. The second-order valence-corrected chi connectivity index (χ2v) is 10.2. The molecule has 3 nitrogen and oxygen atoms in total. The number of benzene rings is 1. The van der Waals surface area contributed by atoms with Gasteiger partial charge in [-0.25, -0.2) is 9.97 Å². The zero-order chi connectivity index (χ0) is 19.2. The van der Waals surface area contributed by atoms with Gasteiger partial charge in [-0.1, -0.05) is 52.8 Å². The maximum absolute atomic E-state index is 4.64. The van der Waals surface area contributed by atoms with Crippen molar-refractivity contribution in [3.8, 4) is 0 Å². The fourth-order valence-electron chi connectivity index (χ4n) is 4.19. The molecule has 142 valence electrons. The van der Waals surface area contributed by atoms with Crippen LogP contribution in [-0.2, 0) is 12.8 Å². The van der Waals surface area contributed by atoms with Gasteiger partial charge in [-0.3, -0.25) is 0 Å². The van der Waals surface area contributed by atoms with Crippen molar-refractivity contribution in [3.63, 3.8) is 0 Å². The normalized spacial score (nSPS) is 17.3. The topological polar surface area (TPSA) is 37.8 Å². The van der Waals surface area contributed by atoms with Gasteiger partial charge >= 0.3 is 0 Å². The van der Waals surface area contributed by atoms with Crippen LogP contribution in [0.2, 0.25) is 0 Å². The Bertz CT molecular complexity index is 965. The Morgan fingerprint density at radius 1 is 1.15 bits per heavy atom. The lowest BCUT2D eigenvalue weighted by Crippen LogP contribution is -2.26. The number of para-hydroxylation sites is 1. The molecule has 27 heavy (non-hydrogen) atoms. The molecule has 0 saturated heterocycles. The zero-order valence-electron chi connectivity index (χ0n) is 17.0. The van der Waals surface area contributed by atoms with Gasteiger partial charge in [0.15, 0.2) is 0 Å². The molecule has 0 aliphatic heterocycles. The van der Waals surface area contributed by atoms with Crippen LogP contribution in [0.25, 0.3) is 10.2 Å². The van der Waals surface area contributed by atoms with Gasteiger partial charge in [-0.15, -0.1) is 11.3 Å². The van der Waals surface area contributed by atoms with Crippen molar-refractivity contribution < 1.29 is 0 Å². The summed E-state index contributed by atoms with van der Waals surface area (Å²) in [6.07, 6.45) is 5.25. The number of rotatable bonds is 3. The number of thiophene rings is 1. The second-order valence-electron chi connectivity index (χ2n) is 9.08. The summed E-state index contributed by atoms with van der Waals surface area (Å²) in [6.45, 7) is 11.6. The van der Waals surface area contributed by atoms with E-state index in [1.807, 2.05) is 11.3 Å². The third-order valence-electron chi connectivity index (χ3n) is 5.91. The number of aromatic nitrogens is 2. The second kappa shape index (κ2) is 6.90. The van der Waals surface area contributed by atoms with E-state index in [9.17, 15) is 0 Å². The van der Waals surface area contributed by atoms with E-state index >= 15 is 0 Å². The third kappa shape index (κ3) is 3.47. The van der Waals surface area contributed by atoms with Crippen molar-refractivity contribution in [1.82, 2.24) is 9.97 Å². The first-order valence-corrected chi connectivity index (χ1v) is 10.8. The number of fused-ring (bicyclic) bond motifs is 3. The lowest BCUT2D eigenvalue weighted by molar-refractivity contribution is 0.218. The molecular weight excluding hydrogens is 350 g/mol. The van der Waals surface area contributed by atoms with Crippen LogP contribution in [0.4, 0.5) is 11.5 Å². The summed E-state index contributed by atoms with van der Waals surface area (Å²) in [4.78, 5) is 11.9. The average molecular weight is 380 g/mol. The number of nitrogens with one attached hydrogen (secondary N) is 1. The molecule has 1 atom stereocenters. The monoisotopic (exact) mass is 379 g/mol. The standard InChI is InChI=1S/C23H29N3S/c1-14(2)16-8-6-7-9-18(16)26-21-20-17-11-10-15(23(3,4)5)12-19(17)27-22(20)25-13-24-21/h6-9,13-15H,10-12H2,1-5H3,(H,24,25,26). The van der Waals surface area contributed by atoms with Crippen LogP contribution >= 0.6 is 11.3 Å². The van der Waals surface area contributed by atoms with E-state index in [-0.39, 0.29) is 0 Å². The number of aryl methyl sites for hydroxylation is 1. The molecule has 4 heteroatoms. The Balaban J connectivity index is 1.75. The highest BCUT2D eigenvalue weighted by atomic mass is 32.1. The number of nitrogens with zero attached hydrogens (tertiary/aromatic N) is 2. The highest BCUT2D eigenvalue weighted by molar-refractivity contribution is 7.19. The zero-order valence-corrected chi connectivity index (χ0v) is 17.8. The van der Waals surface area contributed by atoms with E-state index < -0.39 is 0 Å². The van der Waals surface area contributed by atoms with E-state index in [4.69, 9.17) is 0 Å². The molecule has 1 N–H and O–H groups in total. The lowest BCUT2D eigenvalue weighted by atomic mass is 9.72. The molecule has 2 aromatic heterocycles. The number of hydrogen-bond donors (Lipinski definition) is 1. The lowest BCUT2D eigenvalue weighted by Gasteiger charge is -2.33. The summed E-state index contributed by atoms with van der Waals surface area (Å²) in [5.41, 5.74) is 4.30. The molecule has 0 fully saturated rings. The van der Waals surface area contributed by atoms with Crippen LogP contribution in [-0.4, -0.2) is 9.97 Å². The predicted molar refractivity (Wildman–Crippen MR) is 116 cm³/mol. The van der Waals surface area contributed by atoms with Gasteiger partial charge in [-0.2, -0.15) is 0 Å². The highest BCUT2D eigenvalue weighted by Crippen LogP contribution is 2.44. The first-order valence-electron chi connectivity index (χ1n) is 9.95. The van der Waals surface area contributed by atoms with E-state index in [1.165, 1.54) is 34.2 Å². The van der Waals surface area contributed by atoms with E-state index in [0.29, 0.717) is 11.3 Å². The predicted octanol–water partition coefficient (Wildman–Crippen LogP) is 6.71. The van der Waals surface area contributed by atoms with Crippen molar-refractivity contribution >= 4 is 33.1 Å². The van der Waals surface area contributed by atoms with Gasteiger partial charge in [0, 0.05) is 10.6 Å². The van der Waals surface area contributed by atoms with E-state index in [1.54, 1.807) is 6.33 Å². The Hall–Kier alpha value is -1.94. The van der Waals surface area contributed by atoms with Crippen LogP contribution in [0.3, 0.4) is 0 Å². The average Bonchev–Trinajstić information content (AvgIpc) is 3.00. The molecule has 1 aliphatic carbocycles. The molecule has 4 rings (SSSR count). The molecule has 0 saturated carbocycles. The summed E-state index contributed by atoms with van der Waals surface area (Å²) >= 11 is 1.86. The van der Waals surface area contributed by atoms with E-state index in [0.717, 1.165) is 28.7 Å². The fraction of sp³-hybridized carbons (Fsp3) is 0.478. The smallest absolute Gasteiger partial charge is 0.142 e. The SMILES string of the molecule is CC(C)c1ccccc1Nc1ncnc2sc3c(c12)CCC(C(C)(C)C)C3. The maximum atomic E-state index is 4.64. The number of anilines is 2. The Kier molecular flexibility index (Phi) is 4.71. The third-order valence-corrected chi connectivity index (χ3v) is 7.07. The van der Waals surface area contributed by atoms with Crippen molar-refractivity contribution in [2.45, 2.75) is 59.8 Å². The molecule has 1 unspecified atom stereocenters. The first-order chi connectivity index (χ1) is 12.8. The largest absolute Gasteiger partial charge is 0.339 e. The Morgan fingerprint density at radius 3 is 2.67 bits per heavy atom. The molecule has 2 heterocycles. The quantitative estimate of drug-likeness (QED) is 0.549. The van der Waals surface area contributed by atoms with Gasteiger partial charge in [0.05, 0.1) is 5.39 Å². The van der Waals surface area contributed by atoms with Gasteiger partial charge in [-0.05, 0) is 53.7 Å². The van der Waals surface area contributed by atoms with E-state index in [2.05, 4.69) is 74.2 Å². The highest BCUT2D eigenvalue weighted by Gasteiger charge is 2.31. The van der Waals surface area contributed by atoms with Gasteiger partial charge in [0.25, 0.3) is 0 Å². The number of hydrogen-bond acceptors (Lipinski definition) is 4. The van der Waals surface area contributed by atoms with Crippen LogP contribution < -0.4 is 5.32 Å². The van der Waals surface area contributed by atoms with Crippen molar-refractivity contribution in [3.05, 3.63) is 46.6 Å². The molecule has 0 bridgehead atoms. The van der Waals surface area contributed by atoms with Crippen LogP contribution in [0.1, 0.15) is 63.0 Å². The summed E-state index contributed by atoms with van der Waals surface area (Å²) in [6, 6.07) is 8.54. The van der Waals surface area contributed by atoms with Gasteiger partial charge < -0.3 is 5.32 Å². The summed E-state index contributed by atoms with van der Waals surface area (Å²) in [5.74, 6) is 2.17. The molecule has 1 aliphatic rings. The van der Waals surface area contributed by atoms with Crippen molar-refractivity contribution in [1.29, 1.82) is 0 Å². The molecule has 3 aromatic rings. The summed E-state index contributed by atoms with van der Waals surface area (Å²) < 4.78 is 0. The molecule has 1 aromatic carbocycles. The van der Waals surface area contributed by atoms with Gasteiger partial charge in [0.1, 0.15) is 17.0 Å². The van der Waals surface area contributed by atoms with Crippen LogP contribution in [0, 0.1) is 11.3 Å². The van der Waals surface area contributed by atoms with Crippen LogP contribution in [0.5, 0.6) is 0 Å². The molecular formula is C23H29N3S. The van der Waals surface area contributed by atoms with Crippen molar-refractivity contribution in [2.24, 2.45) is 11.3 Å². The van der Waals surface area contributed by atoms with Crippen LogP contribution in [0.15, 0.2) is 30.6 Å². The first kappa shape index (κ1) is 18.4. The minimum atomic E-state index is 0.358. The Labute approximate surface area is 166 Å². The minimum Gasteiger partial charge on any atom is -0.339 e. The summed E-state index contributed by atoms with van der Waals surface area (Å²) in [7, 11) is 0. The van der Waals surface area contributed by atoms with Crippen molar-refractivity contribution in [2.75, 3.05) is 5.32 Å².